The van der Waals surface area contributed by atoms with Gasteiger partial charge in [-0.05, 0) is 71.3 Å². The lowest BCUT2D eigenvalue weighted by Gasteiger charge is -2.19. The van der Waals surface area contributed by atoms with Crippen LogP contribution in [0.1, 0.15) is 26.3 Å². The Kier molecular flexibility index (Phi) is 8.93. The zero-order valence-electron chi connectivity index (χ0n) is 23.1. The zero-order chi connectivity index (χ0) is 30.2. The fourth-order valence-corrected chi connectivity index (χ4v) is 5.65. The van der Waals surface area contributed by atoms with Crippen molar-refractivity contribution in [3.63, 3.8) is 0 Å². The van der Waals surface area contributed by atoms with Crippen LogP contribution in [0.4, 0.5) is 5.69 Å². The normalized spacial score (nSPS) is 11.8. The third kappa shape index (κ3) is 7.52. The number of sulfonamides is 1. The first-order chi connectivity index (χ1) is 20.8. The molecule has 9 heteroatoms. The first-order valence-corrected chi connectivity index (χ1v) is 15.1. The summed E-state index contributed by atoms with van der Waals surface area (Å²) in [6, 6.07) is 35.2. The summed E-state index contributed by atoms with van der Waals surface area (Å²) in [7, 11) is -3.87. The number of hydrogen-bond donors (Lipinski definition) is 3. The molecule has 0 radical (unpaired) electrons. The second-order valence-electron chi connectivity index (χ2n) is 9.92. The largest absolute Gasteiger partial charge is 0.345 e. The van der Waals surface area contributed by atoms with E-state index < -0.39 is 22.0 Å². The molecule has 0 aliphatic rings. The Morgan fingerprint density at radius 1 is 0.628 bits per heavy atom. The van der Waals surface area contributed by atoms with Crippen LogP contribution in [0.25, 0.3) is 10.8 Å². The van der Waals surface area contributed by atoms with Gasteiger partial charge in [0.15, 0.2) is 5.78 Å². The molecule has 1 atom stereocenters. The molecule has 43 heavy (non-hydrogen) atoms. The topological polar surface area (TPSA) is 121 Å². The summed E-state index contributed by atoms with van der Waals surface area (Å²) in [6.45, 7) is -0.263. The SMILES string of the molecule is O=C(NCC(=O)[C@H](Cc1ccccc1)NC(=O)c1ccc(NS(=O)(=O)c2ccc3ccccc3c2)cc1)c1ccccc1. The molecule has 0 bridgehead atoms. The van der Waals surface area contributed by atoms with E-state index in [0.717, 1.165) is 16.3 Å². The third-order valence-corrected chi connectivity index (χ3v) is 8.25. The number of hydrogen-bond acceptors (Lipinski definition) is 5. The Morgan fingerprint density at radius 3 is 1.93 bits per heavy atom. The number of carbonyl (C=O) groups excluding carboxylic acids is 3. The fourth-order valence-electron chi connectivity index (χ4n) is 4.56. The smallest absolute Gasteiger partial charge is 0.261 e. The molecular formula is C34H29N3O5S. The molecule has 0 aliphatic heterocycles. The molecule has 0 unspecified atom stereocenters. The lowest BCUT2D eigenvalue weighted by atomic mass is 10.0. The number of amides is 2. The van der Waals surface area contributed by atoms with Crippen LogP contribution in [0.5, 0.6) is 0 Å². The molecule has 5 aromatic rings. The first kappa shape index (κ1) is 29.2. The molecule has 5 rings (SSSR count). The van der Waals surface area contributed by atoms with E-state index in [0.29, 0.717) is 5.56 Å². The highest BCUT2D eigenvalue weighted by Gasteiger charge is 2.23. The van der Waals surface area contributed by atoms with E-state index in [4.69, 9.17) is 0 Å². The molecule has 8 nitrogen and oxygen atoms in total. The van der Waals surface area contributed by atoms with E-state index in [-0.39, 0.29) is 40.8 Å². The van der Waals surface area contributed by atoms with Gasteiger partial charge < -0.3 is 10.6 Å². The molecular weight excluding hydrogens is 562 g/mol. The maximum atomic E-state index is 13.2. The number of carbonyl (C=O) groups is 3. The molecule has 0 aromatic heterocycles. The predicted octanol–water partition coefficient (Wildman–Crippen LogP) is 4.98. The molecule has 0 fully saturated rings. The number of anilines is 1. The highest BCUT2D eigenvalue weighted by Crippen LogP contribution is 2.22. The van der Waals surface area contributed by atoms with Gasteiger partial charge in [0.05, 0.1) is 17.5 Å². The maximum absolute atomic E-state index is 13.2. The number of nitrogens with one attached hydrogen (secondary N) is 3. The number of fused-ring (bicyclic) bond motifs is 1. The van der Waals surface area contributed by atoms with Crippen molar-refractivity contribution in [3.8, 4) is 0 Å². The van der Waals surface area contributed by atoms with Crippen molar-refractivity contribution < 1.29 is 22.8 Å². The predicted molar refractivity (Wildman–Crippen MR) is 166 cm³/mol. The lowest BCUT2D eigenvalue weighted by Crippen LogP contribution is -2.46. The molecule has 0 heterocycles. The number of rotatable bonds is 11. The van der Waals surface area contributed by atoms with E-state index in [1.54, 1.807) is 48.5 Å². The van der Waals surface area contributed by atoms with Gasteiger partial charge in [-0.3, -0.25) is 19.1 Å². The Morgan fingerprint density at radius 2 is 1.23 bits per heavy atom. The summed E-state index contributed by atoms with van der Waals surface area (Å²) < 4.78 is 28.5. The summed E-state index contributed by atoms with van der Waals surface area (Å²) in [5, 5.41) is 7.14. The van der Waals surface area contributed by atoms with E-state index in [1.807, 2.05) is 54.6 Å². The Bertz CT molecular complexity index is 1860. The molecule has 0 saturated carbocycles. The van der Waals surface area contributed by atoms with Crippen molar-refractivity contribution in [1.82, 2.24) is 10.6 Å². The van der Waals surface area contributed by atoms with Gasteiger partial charge in [-0.1, -0.05) is 78.9 Å². The number of Topliss-reactive ketones (excluding diaryl/α,β-unsaturated/α-hetero) is 1. The minimum atomic E-state index is -3.87. The second-order valence-corrected chi connectivity index (χ2v) is 11.6. The van der Waals surface area contributed by atoms with E-state index in [1.165, 1.54) is 24.3 Å². The van der Waals surface area contributed by atoms with Crippen LogP contribution < -0.4 is 15.4 Å². The minimum Gasteiger partial charge on any atom is -0.345 e. The summed E-state index contributed by atoms with van der Waals surface area (Å²) >= 11 is 0. The molecule has 0 spiro atoms. The fraction of sp³-hybridized carbons (Fsp3) is 0.0882. The summed E-state index contributed by atoms with van der Waals surface area (Å²) in [4.78, 5) is 38.9. The highest BCUT2D eigenvalue weighted by molar-refractivity contribution is 7.92. The van der Waals surface area contributed by atoms with Crippen molar-refractivity contribution >= 4 is 44.1 Å². The standard InChI is InChI=1S/C34H29N3O5S/c38-32(23-35-33(39)26-12-5-2-6-13-26)31(21-24-9-3-1-4-10-24)36-34(40)27-15-18-29(19-16-27)37-43(41,42)30-20-17-25-11-7-8-14-28(25)22-30/h1-20,22,31,37H,21,23H2,(H,35,39)(H,36,40)/t31-/m0/s1. The van der Waals surface area contributed by atoms with Crippen LogP contribution >= 0.6 is 0 Å². The van der Waals surface area contributed by atoms with Crippen LogP contribution in [0.2, 0.25) is 0 Å². The lowest BCUT2D eigenvalue weighted by molar-refractivity contribution is -0.119. The van der Waals surface area contributed by atoms with Crippen LogP contribution in [0.15, 0.2) is 132 Å². The summed E-state index contributed by atoms with van der Waals surface area (Å²) in [6.07, 6.45) is 0.232. The molecule has 2 amide bonds. The minimum absolute atomic E-state index is 0.120. The van der Waals surface area contributed by atoms with Crippen LogP contribution in [0, 0.1) is 0 Å². The van der Waals surface area contributed by atoms with Gasteiger partial charge >= 0.3 is 0 Å². The van der Waals surface area contributed by atoms with Gasteiger partial charge in [0.25, 0.3) is 21.8 Å². The average molecular weight is 592 g/mol. The zero-order valence-corrected chi connectivity index (χ0v) is 23.9. The molecule has 5 aromatic carbocycles. The van der Waals surface area contributed by atoms with E-state index in [9.17, 15) is 22.8 Å². The summed E-state index contributed by atoms with van der Waals surface area (Å²) in [5.74, 6) is -1.26. The Balaban J connectivity index is 1.26. The average Bonchev–Trinajstić information content (AvgIpc) is 3.04. The number of ketones is 1. The van der Waals surface area contributed by atoms with Crippen molar-refractivity contribution in [2.75, 3.05) is 11.3 Å². The number of benzene rings is 5. The van der Waals surface area contributed by atoms with Gasteiger partial charge in [-0.25, -0.2) is 8.42 Å². The van der Waals surface area contributed by atoms with Gasteiger partial charge in [0, 0.05) is 16.8 Å². The monoisotopic (exact) mass is 591 g/mol. The van der Waals surface area contributed by atoms with Crippen LogP contribution in [0.3, 0.4) is 0 Å². The van der Waals surface area contributed by atoms with Crippen molar-refractivity contribution in [2.24, 2.45) is 0 Å². The molecule has 0 aliphatic carbocycles. The Hall–Kier alpha value is -5.28. The van der Waals surface area contributed by atoms with Gasteiger partial charge in [0.1, 0.15) is 0 Å². The van der Waals surface area contributed by atoms with Gasteiger partial charge in [-0.2, -0.15) is 0 Å². The van der Waals surface area contributed by atoms with E-state index >= 15 is 0 Å². The Labute approximate surface area is 249 Å². The molecule has 3 N–H and O–H groups in total. The maximum Gasteiger partial charge on any atom is 0.261 e. The van der Waals surface area contributed by atoms with Crippen molar-refractivity contribution in [1.29, 1.82) is 0 Å². The second kappa shape index (κ2) is 13.1. The van der Waals surface area contributed by atoms with E-state index in [2.05, 4.69) is 15.4 Å². The molecule has 0 saturated heterocycles. The highest BCUT2D eigenvalue weighted by atomic mass is 32.2. The first-order valence-electron chi connectivity index (χ1n) is 13.6. The van der Waals surface area contributed by atoms with Crippen LogP contribution in [-0.4, -0.2) is 38.6 Å². The quantitative estimate of drug-likeness (QED) is 0.200. The molecule has 216 valence electrons. The van der Waals surface area contributed by atoms with Crippen LogP contribution in [-0.2, 0) is 21.2 Å². The van der Waals surface area contributed by atoms with Crippen molar-refractivity contribution in [3.05, 3.63) is 144 Å². The van der Waals surface area contributed by atoms with Gasteiger partial charge in [0.2, 0.25) is 0 Å². The van der Waals surface area contributed by atoms with Crippen molar-refractivity contribution in [2.45, 2.75) is 17.4 Å². The summed E-state index contributed by atoms with van der Waals surface area (Å²) in [5.41, 5.74) is 1.79. The van der Waals surface area contributed by atoms with Gasteiger partial charge in [-0.15, -0.1) is 0 Å². The third-order valence-electron chi connectivity index (χ3n) is 6.87.